The SMILES string of the molecule is CCN(CC)c1ccc(C2C=CC(=[N+](CC)CC)C=C2)cc1.O=S(=O)([O-])[O-].[H+]. The van der Waals surface area contributed by atoms with E-state index in [0.717, 1.165) is 26.2 Å². The fourth-order valence-electron chi connectivity index (χ4n) is 3.04. The smallest absolute Gasteiger partial charge is 0.759 e. The van der Waals surface area contributed by atoms with Crippen LogP contribution < -0.4 is 4.90 Å². The summed E-state index contributed by atoms with van der Waals surface area (Å²) in [5.41, 5.74) is 4.00. The number of allylic oxidation sites excluding steroid dienone is 4. The van der Waals surface area contributed by atoms with Crippen LogP contribution in [0.5, 0.6) is 0 Å². The Morgan fingerprint density at radius 1 is 0.963 bits per heavy atom. The molecule has 0 N–H and O–H groups in total. The van der Waals surface area contributed by atoms with Crippen molar-refractivity contribution in [3.8, 4) is 0 Å². The Hall–Kier alpha value is -1.96. The topological polar surface area (TPSA) is 86.5 Å². The van der Waals surface area contributed by atoms with Crippen LogP contribution in [0.3, 0.4) is 0 Å². The van der Waals surface area contributed by atoms with Crippen molar-refractivity contribution < 1.29 is 23.5 Å². The van der Waals surface area contributed by atoms with E-state index >= 15 is 0 Å². The van der Waals surface area contributed by atoms with E-state index in [-0.39, 0.29) is 1.43 Å². The van der Waals surface area contributed by atoms with Crippen LogP contribution in [0.25, 0.3) is 0 Å². The fraction of sp³-hybridized carbons (Fsp3) is 0.450. The van der Waals surface area contributed by atoms with Crippen molar-refractivity contribution in [3.63, 3.8) is 0 Å². The molecule has 2 rings (SSSR count). The molecule has 6 nitrogen and oxygen atoms in total. The quantitative estimate of drug-likeness (QED) is 0.420. The van der Waals surface area contributed by atoms with E-state index in [1.165, 1.54) is 17.0 Å². The van der Waals surface area contributed by atoms with Crippen LogP contribution in [0, 0.1) is 0 Å². The van der Waals surface area contributed by atoms with Gasteiger partial charge in [-0.15, -0.1) is 0 Å². The lowest BCUT2D eigenvalue weighted by Crippen LogP contribution is -2.21. The van der Waals surface area contributed by atoms with E-state index in [1.807, 2.05) is 0 Å². The van der Waals surface area contributed by atoms with Gasteiger partial charge >= 0.3 is 1.43 Å². The molecule has 0 heterocycles. The van der Waals surface area contributed by atoms with Gasteiger partial charge in [0.15, 0.2) is 5.71 Å². The van der Waals surface area contributed by atoms with Gasteiger partial charge in [-0.2, -0.15) is 0 Å². The largest absolute Gasteiger partial charge is 1.00 e. The van der Waals surface area contributed by atoms with Crippen molar-refractivity contribution in [1.82, 2.24) is 0 Å². The molecule has 1 aliphatic carbocycles. The summed E-state index contributed by atoms with van der Waals surface area (Å²) in [4.78, 5) is 2.38. The molecular weight excluding hydrogens is 364 g/mol. The number of nitrogens with zero attached hydrogens (tertiary/aromatic N) is 2. The molecule has 0 fully saturated rings. The summed E-state index contributed by atoms with van der Waals surface area (Å²) in [6, 6.07) is 9.01. The number of benzene rings is 1. The second kappa shape index (κ2) is 11.0. The molecule has 0 atom stereocenters. The first-order valence-corrected chi connectivity index (χ1v) is 10.6. The molecular formula is C20H30N2O4S. The molecule has 1 aromatic carbocycles. The summed E-state index contributed by atoms with van der Waals surface area (Å²) in [5, 5.41) is 0. The van der Waals surface area contributed by atoms with Crippen molar-refractivity contribution in [2.75, 3.05) is 31.1 Å². The molecule has 0 radical (unpaired) electrons. The molecule has 0 aliphatic heterocycles. The van der Waals surface area contributed by atoms with Crippen molar-refractivity contribution in [2.45, 2.75) is 33.6 Å². The first kappa shape index (κ1) is 23.1. The van der Waals surface area contributed by atoms with Crippen molar-refractivity contribution >= 4 is 21.8 Å². The molecule has 150 valence electrons. The third-order valence-electron chi connectivity index (χ3n) is 4.48. The minimum absolute atomic E-state index is 0. The predicted molar refractivity (Wildman–Crippen MR) is 109 cm³/mol. The summed E-state index contributed by atoms with van der Waals surface area (Å²) < 4.78 is 36.5. The second-order valence-corrected chi connectivity index (χ2v) is 6.83. The van der Waals surface area contributed by atoms with Gasteiger partial charge in [-0.3, -0.25) is 8.42 Å². The first-order chi connectivity index (χ1) is 12.7. The van der Waals surface area contributed by atoms with E-state index in [2.05, 4.69) is 85.7 Å². The molecule has 1 aliphatic rings. The summed E-state index contributed by atoms with van der Waals surface area (Å²) in [7, 11) is -5.17. The number of anilines is 1. The Kier molecular flexibility index (Phi) is 9.41. The number of hydrogen-bond acceptors (Lipinski definition) is 5. The highest BCUT2D eigenvalue weighted by atomic mass is 32.3. The van der Waals surface area contributed by atoms with E-state index < -0.39 is 10.4 Å². The molecule has 7 heteroatoms. The molecule has 0 amide bonds. The Morgan fingerprint density at radius 2 is 1.41 bits per heavy atom. The molecule has 0 bridgehead atoms. The Bertz CT molecular complexity index is 753. The maximum absolute atomic E-state index is 8.52. The van der Waals surface area contributed by atoms with Gasteiger partial charge in [0.25, 0.3) is 0 Å². The van der Waals surface area contributed by atoms with Crippen molar-refractivity contribution in [2.24, 2.45) is 0 Å². The highest BCUT2D eigenvalue weighted by Crippen LogP contribution is 2.24. The Morgan fingerprint density at radius 3 is 1.78 bits per heavy atom. The minimum Gasteiger partial charge on any atom is -0.759 e. The summed E-state index contributed by atoms with van der Waals surface area (Å²) in [6.07, 6.45) is 9.13. The lowest BCUT2D eigenvalue weighted by molar-refractivity contribution is -0.519. The average molecular weight is 395 g/mol. The van der Waals surface area contributed by atoms with E-state index in [9.17, 15) is 0 Å². The van der Waals surface area contributed by atoms with Crippen LogP contribution in [-0.4, -0.2) is 54.0 Å². The summed E-state index contributed by atoms with van der Waals surface area (Å²) in [5.74, 6) is 0.394. The summed E-state index contributed by atoms with van der Waals surface area (Å²) in [6.45, 7) is 13.0. The van der Waals surface area contributed by atoms with E-state index in [4.69, 9.17) is 17.5 Å². The van der Waals surface area contributed by atoms with Crippen LogP contribution in [0.1, 0.15) is 40.6 Å². The monoisotopic (exact) mass is 394 g/mol. The zero-order valence-corrected chi connectivity index (χ0v) is 17.3. The van der Waals surface area contributed by atoms with Crippen LogP contribution in [0.15, 0.2) is 48.6 Å². The maximum Gasteiger partial charge on any atom is 1.00 e. The highest BCUT2D eigenvalue weighted by molar-refractivity contribution is 7.79. The van der Waals surface area contributed by atoms with Gasteiger partial charge < -0.3 is 14.0 Å². The minimum atomic E-state index is -5.17. The zero-order chi connectivity index (χ0) is 20.4. The molecule has 0 saturated heterocycles. The van der Waals surface area contributed by atoms with Gasteiger partial charge in [0.05, 0.1) is 0 Å². The molecule has 0 saturated carbocycles. The van der Waals surface area contributed by atoms with Gasteiger partial charge in [0, 0.05) is 47.2 Å². The van der Waals surface area contributed by atoms with Crippen LogP contribution in [0.2, 0.25) is 0 Å². The third-order valence-corrected chi connectivity index (χ3v) is 4.48. The standard InChI is InChI=1S/C20H29N2.H2O4S/c1-5-21(6-2)19-13-9-17(10-14-19)18-11-15-20(16-12-18)22(7-3)8-4;1-5(2,3)4/h9-17H,5-8H2,1-4H3;(H2,1,2,3,4)/q+1;/p-1. The summed E-state index contributed by atoms with van der Waals surface area (Å²) >= 11 is 0. The van der Waals surface area contributed by atoms with Gasteiger partial charge in [0.2, 0.25) is 0 Å². The van der Waals surface area contributed by atoms with Crippen molar-refractivity contribution in [1.29, 1.82) is 0 Å². The Labute approximate surface area is 164 Å². The number of rotatable bonds is 6. The first-order valence-electron chi connectivity index (χ1n) is 9.23. The molecule has 27 heavy (non-hydrogen) atoms. The zero-order valence-electron chi connectivity index (χ0n) is 17.5. The van der Waals surface area contributed by atoms with Gasteiger partial charge in [0.1, 0.15) is 13.1 Å². The third kappa shape index (κ3) is 8.07. The molecule has 1 aromatic rings. The lowest BCUT2D eigenvalue weighted by Gasteiger charge is -2.21. The number of hydrogen-bond donors (Lipinski definition) is 0. The van der Waals surface area contributed by atoms with Gasteiger partial charge in [-0.25, -0.2) is 4.58 Å². The van der Waals surface area contributed by atoms with Crippen LogP contribution in [0.4, 0.5) is 5.69 Å². The molecule has 0 spiro atoms. The van der Waals surface area contributed by atoms with Gasteiger partial charge in [-0.1, -0.05) is 24.3 Å². The van der Waals surface area contributed by atoms with Gasteiger partial charge in [-0.05, 0) is 45.4 Å². The normalized spacial score (nSPS) is 15.9. The Balaban J connectivity index is 0.00000108. The van der Waals surface area contributed by atoms with Crippen LogP contribution >= 0.6 is 0 Å². The maximum atomic E-state index is 8.52. The lowest BCUT2D eigenvalue weighted by atomic mass is 9.94. The van der Waals surface area contributed by atoms with E-state index in [1.54, 1.807) is 0 Å². The average Bonchev–Trinajstić information content (AvgIpc) is 2.64. The molecule has 0 unspecified atom stereocenters. The predicted octanol–water partition coefficient (Wildman–Crippen LogP) is 3.01. The molecule has 0 aromatic heterocycles. The fourth-order valence-corrected chi connectivity index (χ4v) is 3.04. The van der Waals surface area contributed by atoms with E-state index in [0.29, 0.717) is 5.92 Å². The second-order valence-electron chi connectivity index (χ2n) is 6.01. The van der Waals surface area contributed by atoms with Crippen LogP contribution in [-0.2, 0) is 10.4 Å². The van der Waals surface area contributed by atoms with Crippen molar-refractivity contribution in [3.05, 3.63) is 54.1 Å². The highest BCUT2D eigenvalue weighted by Gasteiger charge is 2.13.